The summed E-state index contributed by atoms with van der Waals surface area (Å²) in [4.78, 5) is 6.17. The molecule has 4 heterocycles. The van der Waals surface area contributed by atoms with Crippen LogP contribution in [0.3, 0.4) is 0 Å². The second kappa shape index (κ2) is 9.62. The first-order chi connectivity index (χ1) is 15.5. The van der Waals surface area contributed by atoms with Crippen LogP contribution in [0, 0.1) is 0 Å². The van der Waals surface area contributed by atoms with Crippen molar-refractivity contribution in [2.45, 2.75) is 18.8 Å². The number of rotatable bonds is 5. The number of hydrogen-bond acceptors (Lipinski definition) is 7. The highest BCUT2D eigenvalue weighted by molar-refractivity contribution is 7.17. The number of hydrogen-bond donors (Lipinski definition) is 1. The third-order valence-electron chi connectivity index (χ3n) is 5.56. The summed E-state index contributed by atoms with van der Waals surface area (Å²) in [6.45, 7) is 1.13. The van der Waals surface area contributed by atoms with Gasteiger partial charge in [-0.2, -0.15) is 0 Å². The number of benzene rings is 1. The van der Waals surface area contributed by atoms with Crippen LogP contribution in [0.15, 0.2) is 57.5 Å². The molecule has 3 aromatic heterocycles. The fourth-order valence-electron chi connectivity index (χ4n) is 3.97. The number of alkyl halides is 2. The van der Waals surface area contributed by atoms with Crippen molar-refractivity contribution in [1.82, 2.24) is 9.88 Å². The number of fused-ring (bicyclic) bond motifs is 2. The van der Waals surface area contributed by atoms with Gasteiger partial charge in [-0.25, -0.2) is 8.78 Å². The van der Waals surface area contributed by atoms with Crippen LogP contribution in [0.25, 0.3) is 32.5 Å². The van der Waals surface area contributed by atoms with E-state index in [0.29, 0.717) is 53.0 Å². The van der Waals surface area contributed by atoms with Crippen molar-refractivity contribution in [3.63, 3.8) is 0 Å². The highest BCUT2D eigenvalue weighted by Gasteiger charge is 2.34. The van der Waals surface area contributed by atoms with Crippen LogP contribution in [0.5, 0.6) is 5.75 Å². The van der Waals surface area contributed by atoms with Gasteiger partial charge in [-0.1, -0.05) is 5.16 Å². The maximum absolute atomic E-state index is 13.5. The standard InChI is InChI=1S/C23H21F2N3O3S.ClH/c24-23(25)5-1-6-28(14-23)7-8-30-16-2-3-20-17(10-16)18(27-29)11-21(31-20)19-12-22-15(13-26-19)4-9-32-22;/h2-4,9-13,29H,1,5-8,14H2;1H/b27-18-;. The van der Waals surface area contributed by atoms with Crippen molar-refractivity contribution in [2.75, 3.05) is 26.2 Å². The molecule has 174 valence electrons. The van der Waals surface area contributed by atoms with E-state index in [-0.39, 0.29) is 32.0 Å². The van der Waals surface area contributed by atoms with Crippen LogP contribution in [0.2, 0.25) is 0 Å². The molecule has 33 heavy (non-hydrogen) atoms. The molecule has 0 saturated carbocycles. The molecule has 1 aromatic carbocycles. The topological polar surface area (TPSA) is 71.1 Å². The smallest absolute Gasteiger partial charge is 0.260 e. The molecule has 1 saturated heterocycles. The fourth-order valence-corrected chi connectivity index (χ4v) is 4.76. The summed E-state index contributed by atoms with van der Waals surface area (Å²) < 4.78 is 40.0. The predicted molar refractivity (Wildman–Crippen MR) is 126 cm³/mol. The SMILES string of the molecule is Cl.O/N=c1/cc(-c2cc3sccc3cn2)oc2ccc(OCCN3CCCC(F)(F)C3)cc12. The van der Waals surface area contributed by atoms with Gasteiger partial charge in [0.1, 0.15) is 29.0 Å². The Labute approximate surface area is 198 Å². The van der Waals surface area contributed by atoms with Crippen molar-refractivity contribution < 1.29 is 23.1 Å². The third-order valence-corrected chi connectivity index (χ3v) is 6.44. The molecule has 0 spiro atoms. The van der Waals surface area contributed by atoms with Crippen LogP contribution in [-0.2, 0) is 0 Å². The molecular formula is C23H22ClF2N3O3S. The van der Waals surface area contributed by atoms with Crippen LogP contribution >= 0.6 is 23.7 Å². The Morgan fingerprint density at radius 1 is 1.24 bits per heavy atom. The second-order valence-corrected chi connectivity index (χ2v) is 8.81. The van der Waals surface area contributed by atoms with Crippen LogP contribution in [-0.4, -0.2) is 47.3 Å². The van der Waals surface area contributed by atoms with E-state index < -0.39 is 5.92 Å². The van der Waals surface area contributed by atoms with Gasteiger partial charge in [0.15, 0.2) is 5.76 Å². The van der Waals surface area contributed by atoms with E-state index in [1.165, 1.54) is 0 Å². The average Bonchev–Trinajstić information content (AvgIpc) is 3.25. The van der Waals surface area contributed by atoms with E-state index >= 15 is 0 Å². The summed E-state index contributed by atoms with van der Waals surface area (Å²) in [6.07, 6.45) is 2.22. The van der Waals surface area contributed by atoms with Crippen molar-refractivity contribution in [3.05, 3.63) is 53.3 Å². The first kappa shape index (κ1) is 23.4. The second-order valence-electron chi connectivity index (χ2n) is 7.87. The van der Waals surface area contributed by atoms with Gasteiger partial charge < -0.3 is 14.4 Å². The lowest BCUT2D eigenvalue weighted by molar-refractivity contribution is -0.0656. The maximum Gasteiger partial charge on any atom is 0.260 e. The Hall–Kier alpha value is -2.75. The molecule has 1 fully saturated rings. The summed E-state index contributed by atoms with van der Waals surface area (Å²) in [6, 6.07) is 10.8. The number of ether oxygens (including phenoxy) is 1. The van der Waals surface area contributed by atoms with Gasteiger partial charge in [-0.05, 0) is 48.7 Å². The van der Waals surface area contributed by atoms with Crippen LogP contribution in [0.1, 0.15) is 12.8 Å². The minimum absolute atomic E-state index is 0. The quantitative estimate of drug-likeness (QED) is 0.292. The van der Waals surface area contributed by atoms with Crippen LogP contribution < -0.4 is 10.1 Å². The van der Waals surface area contributed by atoms with Gasteiger partial charge in [-0.15, -0.1) is 23.7 Å². The number of thiophene rings is 1. The minimum Gasteiger partial charge on any atom is -0.492 e. The Morgan fingerprint density at radius 3 is 2.94 bits per heavy atom. The first-order valence-electron chi connectivity index (χ1n) is 10.3. The normalized spacial score (nSPS) is 16.7. The van der Waals surface area contributed by atoms with Gasteiger partial charge in [-0.3, -0.25) is 9.88 Å². The van der Waals surface area contributed by atoms with Gasteiger partial charge in [0.2, 0.25) is 0 Å². The molecule has 0 amide bonds. The largest absolute Gasteiger partial charge is 0.492 e. The zero-order chi connectivity index (χ0) is 22.1. The van der Waals surface area contributed by atoms with Crippen molar-refractivity contribution >= 4 is 44.8 Å². The van der Waals surface area contributed by atoms with E-state index in [1.807, 2.05) is 17.5 Å². The first-order valence-corrected chi connectivity index (χ1v) is 11.2. The Balaban J connectivity index is 0.00000259. The molecule has 1 aliphatic rings. The highest BCUT2D eigenvalue weighted by atomic mass is 35.5. The van der Waals surface area contributed by atoms with Crippen LogP contribution in [0.4, 0.5) is 8.78 Å². The number of halogens is 3. The predicted octanol–water partition coefficient (Wildman–Crippen LogP) is 5.53. The number of aromatic nitrogens is 1. The number of piperidine rings is 1. The Morgan fingerprint density at radius 2 is 2.12 bits per heavy atom. The van der Waals surface area contributed by atoms with E-state index in [4.69, 9.17) is 9.15 Å². The number of pyridine rings is 1. The molecule has 0 aliphatic carbocycles. The molecule has 4 aromatic rings. The lowest BCUT2D eigenvalue weighted by Crippen LogP contribution is -2.44. The van der Waals surface area contributed by atoms with Gasteiger partial charge in [0, 0.05) is 35.3 Å². The summed E-state index contributed by atoms with van der Waals surface area (Å²) in [5.41, 5.74) is 1.16. The van der Waals surface area contributed by atoms with Crippen molar-refractivity contribution in [1.29, 1.82) is 0 Å². The lowest BCUT2D eigenvalue weighted by atomic mass is 10.1. The van der Waals surface area contributed by atoms with E-state index in [2.05, 4.69) is 10.1 Å². The molecule has 0 atom stereocenters. The highest BCUT2D eigenvalue weighted by Crippen LogP contribution is 2.28. The van der Waals surface area contributed by atoms with Crippen molar-refractivity contribution in [3.8, 4) is 17.2 Å². The van der Waals surface area contributed by atoms with Crippen molar-refractivity contribution in [2.24, 2.45) is 5.16 Å². The monoisotopic (exact) mass is 493 g/mol. The summed E-state index contributed by atoms with van der Waals surface area (Å²) in [7, 11) is 0. The molecule has 6 nitrogen and oxygen atoms in total. The summed E-state index contributed by atoms with van der Waals surface area (Å²) in [5, 5.41) is 17.0. The van der Waals surface area contributed by atoms with Gasteiger partial charge >= 0.3 is 0 Å². The molecule has 0 radical (unpaired) electrons. The molecule has 0 unspecified atom stereocenters. The van der Waals surface area contributed by atoms with Gasteiger partial charge in [0.05, 0.1) is 11.9 Å². The fraction of sp³-hybridized carbons (Fsp3) is 0.304. The molecule has 1 N–H and O–H groups in total. The summed E-state index contributed by atoms with van der Waals surface area (Å²) in [5.74, 6) is -1.59. The Bertz CT molecular complexity index is 1340. The maximum atomic E-state index is 13.5. The average molecular weight is 494 g/mol. The molecule has 1 aliphatic heterocycles. The Kier molecular flexibility index (Phi) is 6.83. The third kappa shape index (κ3) is 5.10. The zero-order valence-corrected chi connectivity index (χ0v) is 19.2. The summed E-state index contributed by atoms with van der Waals surface area (Å²) >= 11 is 1.61. The minimum atomic E-state index is -2.62. The van der Waals surface area contributed by atoms with E-state index in [9.17, 15) is 14.0 Å². The van der Waals surface area contributed by atoms with E-state index in [1.54, 1.807) is 46.7 Å². The lowest BCUT2D eigenvalue weighted by Gasteiger charge is -2.32. The van der Waals surface area contributed by atoms with E-state index in [0.717, 1.165) is 10.1 Å². The molecule has 0 bridgehead atoms. The number of likely N-dealkylation sites (tertiary alicyclic amines) is 1. The molecule has 10 heteroatoms. The molecular weight excluding hydrogens is 472 g/mol. The molecule has 5 rings (SSSR count). The zero-order valence-electron chi connectivity index (χ0n) is 17.5. The van der Waals surface area contributed by atoms with Gasteiger partial charge in [0.25, 0.3) is 5.92 Å². The number of nitrogens with zero attached hydrogens (tertiary/aromatic N) is 3.